The van der Waals surface area contributed by atoms with Gasteiger partial charge in [0.1, 0.15) is 5.75 Å². The molecule has 1 unspecified atom stereocenters. The molecule has 7 heteroatoms. The van der Waals surface area contributed by atoms with Crippen LogP contribution in [0.25, 0.3) is 0 Å². The van der Waals surface area contributed by atoms with Crippen molar-refractivity contribution in [3.05, 3.63) is 40.4 Å². The first-order valence-electron chi connectivity index (χ1n) is 8.58. The van der Waals surface area contributed by atoms with Crippen LogP contribution in [0.3, 0.4) is 0 Å². The quantitative estimate of drug-likeness (QED) is 0.797. The largest absolute Gasteiger partial charge is 0.493 e. The summed E-state index contributed by atoms with van der Waals surface area (Å²) < 4.78 is 22.0. The zero-order chi connectivity index (χ0) is 19.6. The van der Waals surface area contributed by atoms with E-state index in [-0.39, 0.29) is 18.2 Å². The molecule has 1 atom stereocenters. The molecule has 0 saturated carbocycles. The van der Waals surface area contributed by atoms with Gasteiger partial charge >= 0.3 is 0 Å². The predicted octanol–water partition coefficient (Wildman–Crippen LogP) is 4.24. The summed E-state index contributed by atoms with van der Waals surface area (Å²) in [6.45, 7) is 2.43. The van der Waals surface area contributed by atoms with Gasteiger partial charge in [0.05, 0.1) is 38.6 Å². The van der Waals surface area contributed by atoms with Gasteiger partial charge in [-0.3, -0.25) is 4.79 Å². The highest BCUT2D eigenvalue weighted by molar-refractivity contribution is 6.32. The van der Waals surface area contributed by atoms with E-state index in [1.165, 1.54) is 7.11 Å². The van der Waals surface area contributed by atoms with Gasteiger partial charge in [-0.1, -0.05) is 17.7 Å². The van der Waals surface area contributed by atoms with Gasteiger partial charge in [0.2, 0.25) is 11.7 Å². The van der Waals surface area contributed by atoms with E-state index in [0.717, 1.165) is 11.1 Å². The molecule has 0 aliphatic carbocycles. The lowest BCUT2D eigenvalue weighted by Gasteiger charge is -2.29. The highest BCUT2D eigenvalue weighted by Crippen LogP contribution is 2.51. The molecule has 1 aliphatic heterocycles. The lowest BCUT2D eigenvalue weighted by molar-refractivity contribution is -0.116. The average Bonchev–Trinajstić information content (AvgIpc) is 2.67. The van der Waals surface area contributed by atoms with Crippen LogP contribution in [0.15, 0.2) is 24.3 Å². The maximum absolute atomic E-state index is 12.3. The number of carbonyl (C=O) groups excluding carboxylic acids is 1. The Morgan fingerprint density at radius 3 is 2.41 bits per heavy atom. The van der Waals surface area contributed by atoms with Crippen LogP contribution >= 0.6 is 11.6 Å². The second kappa shape index (κ2) is 7.96. The van der Waals surface area contributed by atoms with E-state index < -0.39 is 0 Å². The van der Waals surface area contributed by atoms with E-state index in [1.54, 1.807) is 20.3 Å². The number of ether oxygens (including phenoxy) is 4. The number of rotatable bonds is 6. The third-order valence-electron chi connectivity index (χ3n) is 4.54. The molecule has 0 aromatic heterocycles. The fourth-order valence-corrected chi connectivity index (χ4v) is 3.65. The Bertz CT molecular complexity index is 868. The predicted molar refractivity (Wildman–Crippen MR) is 104 cm³/mol. The Morgan fingerprint density at radius 1 is 1.07 bits per heavy atom. The number of hydrogen-bond donors (Lipinski definition) is 1. The number of benzene rings is 2. The second-order valence-electron chi connectivity index (χ2n) is 6.03. The Balaban J connectivity index is 2.18. The maximum atomic E-state index is 12.3. The van der Waals surface area contributed by atoms with Crippen LogP contribution in [0.1, 0.15) is 30.4 Å². The van der Waals surface area contributed by atoms with Crippen molar-refractivity contribution in [2.24, 2.45) is 0 Å². The number of carbonyl (C=O) groups is 1. The highest BCUT2D eigenvalue weighted by atomic mass is 35.5. The van der Waals surface area contributed by atoms with Crippen LogP contribution in [0.4, 0.5) is 5.69 Å². The van der Waals surface area contributed by atoms with Crippen molar-refractivity contribution in [3.63, 3.8) is 0 Å². The third-order valence-corrected chi connectivity index (χ3v) is 4.83. The summed E-state index contributed by atoms with van der Waals surface area (Å²) in [6, 6.07) is 7.31. The van der Waals surface area contributed by atoms with Crippen molar-refractivity contribution in [1.82, 2.24) is 0 Å². The number of fused-ring (bicyclic) bond motifs is 1. The first kappa shape index (κ1) is 19.2. The summed E-state index contributed by atoms with van der Waals surface area (Å²) in [5, 5.41) is 3.40. The van der Waals surface area contributed by atoms with Gasteiger partial charge < -0.3 is 24.3 Å². The molecule has 1 heterocycles. The molecule has 2 aromatic carbocycles. The van der Waals surface area contributed by atoms with Gasteiger partial charge in [0.25, 0.3) is 0 Å². The number of nitrogens with one attached hydrogen (secondary N) is 1. The minimum absolute atomic E-state index is 0.0909. The molecule has 1 N–H and O–H groups in total. The molecular formula is C20H22ClNO5. The first-order valence-corrected chi connectivity index (χ1v) is 8.96. The zero-order valence-corrected chi connectivity index (χ0v) is 16.5. The van der Waals surface area contributed by atoms with Gasteiger partial charge in [0, 0.05) is 24.0 Å². The van der Waals surface area contributed by atoms with Gasteiger partial charge in [-0.05, 0) is 24.6 Å². The van der Waals surface area contributed by atoms with Crippen LogP contribution in [-0.4, -0.2) is 33.8 Å². The molecule has 1 aliphatic rings. The number of methoxy groups -OCH3 is 3. The van der Waals surface area contributed by atoms with Gasteiger partial charge in [-0.2, -0.15) is 0 Å². The molecule has 0 bridgehead atoms. The van der Waals surface area contributed by atoms with E-state index in [0.29, 0.717) is 40.3 Å². The molecule has 3 rings (SSSR count). The molecule has 144 valence electrons. The van der Waals surface area contributed by atoms with E-state index in [2.05, 4.69) is 5.32 Å². The average molecular weight is 392 g/mol. The summed E-state index contributed by atoms with van der Waals surface area (Å²) in [6.07, 6.45) is 0.267. The lowest BCUT2D eigenvalue weighted by atomic mass is 9.83. The van der Waals surface area contributed by atoms with E-state index in [9.17, 15) is 4.79 Å². The molecule has 0 radical (unpaired) electrons. The van der Waals surface area contributed by atoms with Crippen molar-refractivity contribution in [1.29, 1.82) is 0 Å². The van der Waals surface area contributed by atoms with E-state index in [1.807, 2.05) is 25.1 Å². The zero-order valence-electron chi connectivity index (χ0n) is 15.7. The summed E-state index contributed by atoms with van der Waals surface area (Å²) in [5.74, 6) is 1.78. The van der Waals surface area contributed by atoms with Crippen molar-refractivity contribution >= 4 is 23.2 Å². The Morgan fingerprint density at radius 2 is 1.81 bits per heavy atom. The van der Waals surface area contributed by atoms with Crippen LogP contribution in [0.2, 0.25) is 5.02 Å². The Kier molecular flexibility index (Phi) is 5.65. The fourth-order valence-electron chi connectivity index (χ4n) is 3.41. The molecule has 0 spiro atoms. The van der Waals surface area contributed by atoms with Crippen LogP contribution in [0.5, 0.6) is 23.0 Å². The number of hydrogen-bond acceptors (Lipinski definition) is 5. The third kappa shape index (κ3) is 3.49. The minimum atomic E-state index is -0.239. The number of amides is 1. The SMILES string of the molecule is CCOc1ccc(C2CC(=O)Nc3cc(OC)c(OC)c(OC)c32)cc1Cl. The molecule has 0 fully saturated rings. The Hall–Kier alpha value is -2.60. The van der Waals surface area contributed by atoms with Crippen molar-refractivity contribution in [2.45, 2.75) is 19.3 Å². The molecule has 0 saturated heterocycles. The van der Waals surface area contributed by atoms with Gasteiger partial charge in [-0.15, -0.1) is 0 Å². The smallest absolute Gasteiger partial charge is 0.225 e. The molecule has 6 nitrogen and oxygen atoms in total. The number of anilines is 1. The molecule has 27 heavy (non-hydrogen) atoms. The highest BCUT2D eigenvalue weighted by Gasteiger charge is 2.33. The van der Waals surface area contributed by atoms with Crippen molar-refractivity contribution in [3.8, 4) is 23.0 Å². The first-order chi connectivity index (χ1) is 13.0. The fraction of sp³-hybridized carbons (Fsp3) is 0.350. The molecule has 2 aromatic rings. The van der Waals surface area contributed by atoms with Crippen LogP contribution < -0.4 is 24.3 Å². The van der Waals surface area contributed by atoms with E-state index in [4.69, 9.17) is 30.5 Å². The van der Waals surface area contributed by atoms with Crippen molar-refractivity contribution < 1.29 is 23.7 Å². The molecule has 1 amide bonds. The van der Waals surface area contributed by atoms with Crippen molar-refractivity contribution in [2.75, 3.05) is 33.3 Å². The summed E-state index contributed by atoms with van der Waals surface area (Å²) in [5.41, 5.74) is 2.36. The summed E-state index contributed by atoms with van der Waals surface area (Å²) >= 11 is 6.37. The Labute approximate surface area is 163 Å². The topological polar surface area (TPSA) is 66.0 Å². The van der Waals surface area contributed by atoms with Crippen LogP contribution in [0, 0.1) is 0 Å². The monoisotopic (exact) mass is 391 g/mol. The van der Waals surface area contributed by atoms with Gasteiger partial charge in [-0.25, -0.2) is 0 Å². The summed E-state index contributed by atoms with van der Waals surface area (Å²) in [4.78, 5) is 12.3. The standard InChI is InChI=1S/C20H22ClNO5/c1-5-27-15-7-6-11(8-13(15)21)12-9-17(23)22-14-10-16(24-2)19(25-3)20(26-4)18(12)14/h6-8,10,12H,5,9H2,1-4H3,(H,22,23). The summed E-state index contributed by atoms with van der Waals surface area (Å²) in [7, 11) is 4.66. The normalized spacial score (nSPS) is 15.6. The number of halogens is 1. The second-order valence-corrected chi connectivity index (χ2v) is 6.44. The maximum Gasteiger partial charge on any atom is 0.225 e. The van der Waals surface area contributed by atoms with E-state index >= 15 is 0 Å². The minimum Gasteiger partial charge on any atom is -0.493 e. The van der Waals surface area contributed by atoms with Crippen LogP contribution in [-0.2, 0) is 4.79 Å². The van der Waals surface area contributed by atoms with Gasteiger partial charge in [0.15, 0.2) is 11.5 Å². The lowest BCUT2D eigenvalue weighted by Crippen LogP contribution is -2.24. The molecular weight excluding hydrogens is 370 g/mol.